The van der Waals surface area contributed by atoms with Crippen molar-refractivity contribution < 1.29 is 4.74 Å². The summed E-state index contributed by atoms with van der Waals surface area (Å²) in [5, 5.41) is 5.88. The van der Waals surface area contributed by atoms with Gasteiger partial charge < -0.3 is 4.74 Å². The van der Waals surface area contributed by atoms with Gasteiger partial charge in [-0.15, -0.1) is 0 Å². The second-order valence-corrected chi connectivity index (χ2v) is 5.55. The van der Waals surface area contributed by atoms with Crippen LogP contribution in [-0.4, -0.2) is 9.78 Å². The lowest BCUT2D eigenvalue weighted by atomic mass is 10.2. The van der Waals surface area contributed by atoms with E-state index >= 15 is 0 Å². The fourth-order valence-electron chi connectivity index (χ4n) is 1.69. The van der Waals surface area contributed by atoms with E-state index in [0.717, 1.165) is 17.0 Å². The molecule has 2 rings (SSSR count). The van der Waals surface area contributed by atoms with Crippen molar-refractivity contribution in [3.8, 4) is 5.75 Å². The summed E-state index contributed by atoms with van der Waals surface area (Å²) in [6.07, 6.45) is 1.97. The van der Waals surface area contributed by atoms with Crippen LogP contribution >= 0.6 is 27.5 Å². The molecule has 0 bridgehead atoms. The van der Waals surface area contributed by atoms with Gasteiger partial charge in [0.1, 0.15) is 12.4 Å². The molecule has 2 aromatic rings. The van der Waals surface area contributed by atoms with Gasteiger partial charge in [-0.25, -0.2) is 0 Å². The maximum atomic E-state index is 5.96. The van der Waals surface area contributed by atoms with Crippen molar-refractivity contribution in [3.63, 3.8) is 0 Å². The Labute approximate surface area is 126 Å². The highest BCUT2D eigenvalue weighted by molar-refractivity contribution is 9.08. The molecule has 0 aliphatic heterocycles. The zero-order valence-electron chi connectivity index (χ0n) is 10.9. The predicted octanol–water partition coefficient (Wildman–Crippen LogP) is 4.59. The molecule has 0 spiro atoms. The Kier molecular flexibility index (Phi) is 4.88. The van der Waals surface area contributed by atoms with Crippen LogP contribution in [0.3, 0.4) is 0 Å². The Morgan fingerprint density at radius 1 is 1.37 bits per heavy atom. The van der Waals surface area contributed by atoms with Gasteiger partial charge in [-0.1, -0.05) is 27.5 Å². The first-order valence-electron chi connectivity index (χ1n) is 6.11. The Balaban J connectivity index is 2.05. The van der Waals surface area contributed by atoms with Crippen molar-refractivity contribution in [2.75, 3.05) is 0 Å². The van der Waals surface area contributed by atoms with Crippen molar-refractivity contribution in [1.29, 1.82) is 0 Å². The molecule has 0 N–H and O–H groups in total. The molecule has 1 aromatic carbocycles. The molecule has 1 heterocycles. The van der Waals surface area contributed by atoms with Crippen LogP contribution in [0.15, 0.2) is 30.5 Å². The molecule has 0 amide bonds. The van der Waals surface area contributed by atoms with Gasteiger partial charge in [0.15, 0.2) is 0 Å². The topological polar surface area (TPSA) is 27.1 Å². The summed E-state index contributed by atoms with van der Waals surface area (Å²) in [6.45, 7) is 4.65. The maximum absolute atomic E-state index is 5.96. The summed E-state index contributed by atoms with van der Waals surface area (Å²) < 4.78 is 7.72. The number of ether oxygens (including phenoxy) is 1. The number of aromatic nitrogens is 2. The summed E-state index contributed by atoms with van der Waals surface area (Å²) >= 11 is 9.39. The molecule has 0 unspecified atom stereocenters. The van der Waals surface area contributed by atoms with Crippen LogP contribution in [0.2, 0.25) is 5.02 Å². The fourth-order valence-corrected chi connectivity index (χ4v) is 2.32. The summed E-state index contributed by atoms with van der Waals surface area (Å²) in [6, 6.07) is 7.96. The zero-order valence-corrected chi connectivity index (χ0v) is 13.3. The third kappa shape index (κ3) is 3.74. The van der Waals surface area contributed by atoms with E-state index < -0.39 is 0 Å². The fraction of sp³-hybridized carbons (Fsp3) is 0.357. The van der Waals surface area contributed by atoms with Crippen LogP contribution in [0.1, 0.15) is 31.1 Å². The van der Waals surface area contributed by atoms with Gasteiger partial charge >= 0.3 is 0 Å². The van der Waals surface area contributed by atoms with E-state index in [9.17, 15) is 0 Å². The number of hydrogen-bond acceptors (Lipinski definition) is 2. The number of rotatable bonds is 5. The number of benzene rings is 1. The molecule has 0 radical (unpaired) electrons. The van der Waals surface area contributed by atoms with E-state index in [1.165, 1.54) is 0 Å². The molecule has 3 nitrogen and oxygen atoms in total. The minimum Gasteiger partial charge on any atom is -0.487 e. The van der Waals surface area contributed by atoms with E-state index in [2.05, 4.69) is 34.9 Å². The van der Waals surface area contributed by atoms with E-state index in [-0.39, 0.29) is 0 Å². The van der Waals surface area contributed by atoms with Gasteiger partial charge in [0.2, 0.25) is 0 Å². The summed E-state index contributed by atoms with van der Waals surface area (Å²) in [7, 11) is 0. The van der Waals surface area contributed by atoms with Crippen LogP contribution in [0.5, 0.6) is 5.75 Å². The minimum absolute atomic E-state index is 0.363. The average molecular weight is 344 g/mol. The van der Waals surface area contributed by atoms with E-state index in [4.69, 9.17) is 16.3 Å². The SMILES string of the molecule is CC(C)n1ccc(COc2ccc(Cl)cc2CBr)n1. The molecule has 0 fully saturated rings. The van der Waals surface area contributed by atoms with Crippen molar-refractivity contribution in [1.82, 2.24) is 9.78 Å². The standard InChI is InChI=1S/C14H16BrClN2O/c1-10(2)18-6-5-13(17-18)9-19-14-4-3-12(16)7-11(14)8-15/h3-7,10H,8-9H2,1-2H3. The van der Waals surface area contributed by atoms with Crippen LogP contribution in [0.25, 0.3) is 0 Å². The number of hydrogen-bond donors (Lipinski definition) is 0. The molecule has 19 heavy (non-hydrogen) atoms. The third-order valence-corrected chi connectivity index (χ3v) is 3.57. The molecular weight excluding hydrogens is 328 g/mol. The second-order valence-electron chi connectivity index (χ2n) is 4.56. The monoisotopic (exact) mass is 342 g/mol. The lowest BCUT2D eigenvalue weighted by molar-refractivity contribution is 0.296. The average Bonchev–Trinajstić information content (AvgIpc) is 2.86. The van der Waals surface area contributed by atoms with Gasteiger partial charge in [-0.2, -0.15) is 5.10 Å². The first kappa shape index (κ1) is 14.4. The molecule has 0 aliphatic rings. The smallest absolute Gasteiger partial charge is 0.132 e. The zero-order chi connectivity index (χ0) is 13.8. The summed E-state index contributed by atoms with van der Waals surface area (Å²) in [5.74, 6) is 0.834. The highest BCUT2D eigenvalue weighted by atomic mass is 79.9. The minimum atomic E-state index is 0.363. The molecular formula is C14H16BrClN2O. The van der Waals surface area contributed by atoms with Crippen molar-refractivity contribution in [2.24, 2.45) is 0 Å². The van der Waals surface area contributed by atoms with Gasteiger partial charge in [-0.3, -0.25) is 4.68 Å². The number of nitrogens with zero attached hydrogens (tertiary/aromatic N) is 2. The predicted molar refractivity (Wildman–Crippen MR) is 81.0 cm³/mol. The second kappa shape index (κ2) is 6.44. The molecule has 0 saturated heterocycles. The molecule has 5 heteroatoms. The Morgan fingerprint density at radius 3 is 2.79 bits per heavy atom. The molecule has 102 valence electrons. The summed E-state index contributed by atoms with van der Waals surface area (Å²) in [4.78, 5) is 0. The molecule has 1 aromatic heterocycles. The first-order chi connectivity index (χ1) is 9.10. The highest BCUT2D eigenvalue weighted by Gasteiger charge is 2.06. The van der Waals surface area contributed by atoms with Gasteiger partial charge in [0, 0.05) is 28.2 Å². The maximum Gasteiger partial charge on any atom is 0.132 e. The Bertz CT molecular complexity index is 554. The molecule has 0 atom stereocenters. The van der Waals surface area contributed by atoms with Gasteiger partial charge in [0.25, 0.3) is 0 Å². The van der Waals surface area contributed by atoms with E-state index in [1.54, 1.807) is 0 Å². The molecule has 0 saturated carbocycles. The number of alkyl halides is 1. The van der Waals surface area contributed by atoms with Crippen molar-refractivity contribution >= 4 is 27.5 Å². The van der Waals surface area contributed by atoms with Crippen molar-refractivity contribution in [3.05, 3.63) is 46.7 Å². The van der Waals surface area contributed by atoms with E-state index in [0.29, 0.717) is 23.0 Å². The first-order valence-corrected chi connectivity index (χ1v) is 7.61. The normalized spacial score (nSPS) is 11.0. The van der Waals surface area contributed by atoms with Crippen LogP contribution in [0.4, 0.5) is 0 Å². The quantitative estimate of drug-likeness (QED) is 0.742. The largest absolute Gasteiger partial charge is 0.487 e. The van der Waals surface area contributed by atoms with Gasteiger partial charge in [0.05, 0.1) is 5.69 Å². The molecule has 0 aliphatic carbocycles. The summed E-state index contributed by atoms with van der Waals surface area (Å²) in [5.41, 5.74) is 1.96. The Morgan fingerprint density at radius 2 is 2.16 bits per heavy atom. The Hall–Kier alpha value is -1.000. The van der Waals surface area contributed by atoms with E-state index in [1.807, 2.05) is 35.1 Å². The van der Waals surface area contributed by atoms with Crippen LogP contribution in [0, 0.1) is 0 Å². The van der Waals surface area contributed by atoms with Crippen LogP contribution < -0.4 is 4.74 Å². The number of halogens is 2. The third-order valence-electron chi connectivity index (χ3n) is 2.73. The van der Waals surface area contributed by atoms with Crippen LogP contribution in [-0.2, 0) is 11.9 Å². The van der Waals surface area contributed by atoms with Crippen molar-refractivity contribution in [2.45, 2.75) is 31.8 Å². The lowest BCUT2D eigenvalue weighted by Crippen LogP contribution is -2.04. The van der Waals surface area contributed by atoms with Gasteiger partial charge in [-0.05, 0) is 38.1 Å². The highest BCUT2D eigenvalue weighted by Crippen LogP contribution is 2.25. The lowest BCUT2D eigenvalue weighted by Gasteiger charge is -2.09.